The largest absolute Gasteiger partial charge is 0.484 e. The second kappa shape index (κ2) is 11.9. The molecule has 0 unspecified atom stereocenters. The second-order valence-electron chi connectivity index (χ2n) is 8.42. The molecule has 1 aliphatic carbocycles. The van der Waals surface area contributed by atoms with Gasteiger partial charge in [-0.05, 0) is 55.5 Å². The van der Waals surface area contributed by atoms with E-state index in [2.05, 4.69) is 12.2 Å². The van der Waals surface area contributed by atoms with E-state index < -0.39 is 6.04 Å². The third-order valence-corrected chi connectivity index (χ3v) is 6.48. The molecule has 1 saturated carbocycles. The fourth-order valence-electron chi connectivity index (χ4n) is 4.01. The average molecular weight is 457 g/mol. The topological polar surface area (TPSA) is 58.6 Å². The van der Waals surface area contributed by atoms with Gasteiger partial charge in [-0.25, -0.2) is 0 Å². The lowest BCUT2D eigenvalue weighted by molar-refractivity contribution is -0.142. The first-order valence-electron chi connectivity index (χ1n) is 11.5. The van der Waals surface area contributed by atoms with Crippen molar-refractivity contribution in [3.8, 4) is 5.75 Å². The van der Waals surface area contributed by atoms with Crippen molar-refractivity contribution in [3.05, 3.63) is 64.7 Å². The van der Waals surface area contributed by atoms with Crippen molar-refractivity contribution < 1.29 is 14.3 Å². The molecular weight excluding hydrogens is 424 g/mol. The highest BCUT2D eigenvalue weighted by Gasteiger charge is 2.28. The molecule has 2 amide bonds. The Kier molecular flexibility index (Phi) is 8.98. The zero-order valence-corrected chi connectivity index (χ0v) is 19.7. The number of benzene rings is 2. The van der Waals surface area contributed by atoms with Crippen molar-refractivity contribution in [2.24, 2.45) is 0 Å². The summed E-state index contributed by atoms with van der Waals surface area (Å²) in [7, 11) is 0. The predicted molar refractivity (Wildman–Crippen MR) is 128 cm³/mol. The molecule has 1 aliphatic rings. The molecule has 0 aromatic heterocycles. The van der Waals surface area contributed by atoms with Crippen molar-refractivity contribution >= 4 is 23.4 Å². The summed E-state index contributed by atoms with van der Waals surface area (Å²) in [5.74, 6) is 0.243. The summed E-state index contributed by atoms with van der Waals surface area (Å²) in [5, 5.41) is 3.70. The van der Waals surface area contributed by atoms with Gasteiger partial charge in [0.05, 0.1) is 0 Å². The third-order valence-electron chi connectivity index (χ3n) is 6.11. The van der Waals surface area contributed by atoms with Gasteiger partial charge in [-0.1, -0.05) is 68.1 Å². The number of nitrogens with one attached hydrogen (secondary N) is 1. The van der Waals surface area contributed by atoms with E-state index in [-0.39, 0.29) is 31.0 Å². The molecule has 0 spiro atoms. The van der Waals surface area contributed by atoms with Crippen molar-refractivity contribution in [2.75, 3.05) is 6.61 Å². The lowest BCUT2D eigenvalue weighted by Crippen LogP contribution is -2.51. The minimum absolute atomic E-state index is 0.135. The maximum atomic E-state index is 13.2. The zero-order chi connectivity index (χ0) is 22.9. The Labute approximate surface area is 196 Å². The SMILES string of the molecule is CCc1ccc(OCC(=O)N(Cc2ccccc2Cl)[C@H](C)C(=O)NC2CCCCC2)cc1. The summed E-state index contributed by atoms with van der Waals surface area (Å²) < 4.78 is 5.74. The molecule has 0 aliphatic heterocycles. The van der Waals surface area contributed by atoms with E-state index in [4.69, 9.17) is 16.3 Å². The van der Waals surface area contributed by atoms with E-state index in [1.54, 1.807) is 17.9 Å². The number of aryl methyl sites for hydroxylation is 1. The number of halogens is 1. The number of carbonyl (C=O) groups is 2. The number of ether oxygens (including phenoxy) is 1. The minimum atomic E-state index is -0.633. The lowest BCUT2D eigenvalue weighted by atomic mass is 9.95. The fraction of sp³-hybridized carbons (Fsp3) is 0.462. The van der Waals surface area contributed by atoms with Crippen LogP contribution in [0.15, 0.2) is 48.5 Å². The van der Waals surface area contributed by atoms with Gasteiger partial charge in [-0.3, -0.25) is 9.59 Å². The van der Waals surface area contributed by atoms with E-state index in [1.807, 2.05) is 42.5 Å². The Bertz CT molecular complexity index is 894. The van der Waals surface area contributed by atoms with E-state index in [9.17, 15) is 9.59 Å². The highest BCUT2D eigenvalue weighted by Crippen LogP contribution is 2.21. The van der Waals surface area contributed by atoms with Crippen molar-refractivity contribution in [3.63, 3.8) is 0 Å². The van der Waals surface area contributed by atoms with Crippen LogP contribution in [0.25, 0.3) is 0 Å². The van der Waals surface area contributed by atoms with Crippen LogP contribution in [-0.4, -0.2) is 35.4 Å². The van der Waals surface area contributed by atoms with Gasteiger partial charge in [0.15, 0.2) is 6.61 Å². The first-order valence-corrected chi connectivity index (χ1v) is 11.9. The van der Waals surface area contributed by atoms with E-state index in [0.29, 0.717) is 10.8 Å². The summed E-state index contributed by atoms with van der Waals surface area (Å²) in [4.78, 5) is 27.7. The lowest BCUT2D eigenvalue weighted by Gasteiger charge is -2.31. The normalized spacial score (nSPS) is 15.1. The van der Waals surface area contributed by atoms with Gasteiger partial charge in [0.1, 0.15) is 11.8 Å². The molecule has 5 nitrogen and oxygen atoms in total. The molecule has 0 saturated heterocycles. The molecule has 2 aromatic rings. The van der Waals surface area contributed by atoms with Crippen LogP contribution in [0.5, 0.6) is 5.75 Å². The Morgan fingerprint density at radius 1 is 1.09 bits per heavy atom. The minimum Gasteiger partial charge on any atom is -0.484 e. The van der Waals surface area contributed by atoms with Crippen LogP contribution >= 0.6 is 11.6 Å². The van der Waals surface area contributed by atoms with Gasteiger partial charge < -0.3 is 15.0 Å². The van der Waals surface area contributed by atoms with E-state index in [1.165, 1.54) is 12.0 Å². The molecule has 3 rings (SSSR count). The molecule has 0 heterocycles. The Morgan fingerprint density at radius 2 is 1.78 bits per heavy atom. The molecule has 2 aromatic carbocycles. The first kappa shape index (κ1) is 24.1. The predicted octanol–water partition coefficient (Wildman–Crippen LogP) is 5.15. The zero-order valence-electron chi connectivity index (χ0n) is 19.0. The van der Waals surface area contributed by atoms with Crippen LogP contribution < -0.4 is 10.1 Å². The van der Waals surface area contributed by atoms with Gasteiger partial charge in [0.2, 0.25) is 5.91 Å². The van der Waals surface area contributed by atoms with Crippen LogP contribution in [0.3, 0.4) is 0 Å². The quantitative estimate of drug-likeness (QED) is 0.567. The number of carbonyl (C=O) groups excluding carboxylic acids is 2. The van der Waals surface area contributed by atoms with Crippen molar-refractivity contribution in [1.82, 2.24) is 10.2 Å². The molecule has 6 heteroatoms. The van der Waals surface area contributed by atoms with Gasteiger partial charge in [0, 0.05) is 17.6 Å². The van der Waals surface area contributed by atoms with Gasteiger partial charge in [-0.2, -0.15) is 0 Å². The molecule has 1 N–H and O–H groups in total. The summed E-state index contributed by atoms with van der Waals surface area (Å²) in [5.41, 5.74) is 2.00. The van der Waals surface area contributed by atoms with Crippen LogP contribution in [0.4, 0.5) is 0 Å². The average Bonchev–Trinajstić information content (AvgIpc) is 2.82. The Balaban J connectivity index is 1.70. The Hall–Kier alpha value is -2.53. The molecular formula is C26H33ClN2O3. The number of hydrogen-bond acceptors (Lipinski definition) is 3. The number of amides is 2. The maximum Gasteiger partial charge on any atom is 0.261 e. The summed E-state index contributed by atoms with van der Waals surface area (Å²) in [6.45, 7) is 3.96. The van der Waals surface area contributed by atoms with E-state index >= 15 is 0 Å². The molecule has 0 radical (unpaired) electrons. The number of rotatable bonds is 9. The van der Waals surface area contributed by atoms with Crippen LogP contribution in [0.2, 0.25) is 5.02 Å². The monoisotopic (exact) mass is 456 g/mol. The molecule has 0 bridgehead atoms. The molecule has 172 valence electrons. The smallest absolute Gasteiger partial charge is 0.261 e. The summed E-state index contributed by atoms with van der Waals surface area (Å²) >= 11 is 6.34. The summed E-state index contributed by atoms with van der Waals surface area (Å²) in [6, 6.07) is 14.6. The number of hydrogen-bond donors (Lipinski definition) is 1. The number of nitrogens with zero attached hydrogens (tertiary/aromatic N) is 1. The van der Waals surface area contributed by atoms with E-state index in [0.717, 1.165) is 37.7 Å². The first-order chi connectivity index (χ1) is 15.5. The molecule has 1 fully saturated rings. The third kappa shape index (κ3) is 6.73. The molecule has 1 atom stereocenters. The van der Waals surface area contributed by atoms with Gasteiger partial charge in [-0.15, -0.1) is 0 Å². The van der Waals surface area contributed by atoms with Gasteiger partial charge >= 0.3 is 0 Å². The van der Waals surface area contributed by atoms with Crippen molar-refractivity contribution in [2.45, 2.75) is 71.0 Å². The highest BCUT2D eigenvalue weighted by molar-refractivity contribution is 6.31. The van der Waals surface area contributed by atoms with Crippen LogP contribution in [0.1, 0.15) is 57.1 Å². The maximum absolute atomic E-state index is 13.2. The van der Waals surface area contributed by atoms with Crippen LogP contribution in [-0.2, 0) is 22.6 Å². The fourth-order valence-corrected chi connectivity index (χ4v) is 4.21. The standard InChI is InChI=1S/C26H33ClN2O3/c1-3-20-13-15-23(16-14-20)32-18-25(30)29(17-21-9-7-8-12-24(21)27)19(2)26(31)28-22-10-5-4-6-11-22/h7-9,12-16,19,22H,3-6,10-11,17-18H2,1-2H3,(H,28,31)/t19-/m1/s1. The Morgan fingerprint density at radius 3 is 2.44 bits per heavy atom. The second-order valence-corrected chi connectivity index (χ2v) is 8.83. The van der Waals surface area contributed by atoms with Gasteiger partial charge in [0.25, 0.3) is 5.91 Å². The summed E-state index contributed by atoms with van der Waals surface area (Å²) in [6.07, 6.45) is 6.41. The van der Waals surface area contributed by atoms with Crippen LogP contribution in [0, 0.1) is 0 Å². The highest BCUT2D eigenvalue weighted by atomic mass is 35.5. The van der Waals surface area contributed by atoms with Crippen molar-refractivity contribution in [1.29, 1.82) is 0 Å². The molecule has 32 heavy (non-hydrogen) atoms.